The minimum Gasteiger partial charge on any atom is -0.472 e. The Bertz CT molecular complexity index is 1210. The number of hydrogen-bond donors (Lipinski definition) is 0. The van der Waals surface area contributed by atoms with Crippen LogP contribution in [0.3, 0.4) is 0 Å². The highest BCUT2D eigenvalue weighted by molar-refractivity contribution is 5.83. The first-order valence-corrected chi connectivity index (χ1v) is 10.9. The van der Waals surface area contributed by atoms with Gasteiger partial charge in [0.05, 0.1) is 36.7 Å². The molecule has 0 amide bonds. The lowest BCUT2D eigenvalue weighted by Gasteiger charge is -2.35. The van der Waals surface area contributed by atoms with Crippen molar-refractivity contribution in [3.63, 3.8) is 0 Å². The molecule has 7 heteroatoms. The number of aromatic nitrogens is 2. The molecule has 2 aromatic heterocycles. The molecular weight excluding hydrogens is 404 g/mol. The molecular formula is C25H26N4O3. The topological polar surface area (TPSA) is 63.7 Å². The first-order valence-electron chi connectivity index (χ1n) is 10.9. The van der Waals surface area contributed by atoms with E-state index < -0.39 is 0 Å². The summed E-state index contributed by atoms with van der Waals surface area (Å²) < 4.78 is 12.4. The smallest absolute Gasteiger partial charge is 0.320 e. The van der Waals surface area contributed by atoms with Crippen LogP contribution in [0.5, 0.6) is 0 Å². The van der Waals surface area contributed by atoms with Gasteiger partial charge < -0.3 is 14.1 Å². The molecule has 1 fully saturated rings. The molecule has 164 valence electrons. The lowest BCUT2D eigenvalue weighted by molar-refractivity contribution is -0.144. The summed E-state index contributed by atoms with van der Waals surface area (Å²) in [7, 11) is 0. The molecule has 0 atom stereocenters. The lowest BCUT2D eigenvalue weighted by Crippen LogP contribution is -2.48. The van der Waals surface area contributed by atoms with E-state index in [9.17, 15) is 4.79 Å². The van der Waals surface area contributed by atoms with E-state index in [1.807, 2.05) is 19.3 Å². The number of ether oxygens (including phenoxy) is 1. The van der Waals surface area contributed by atoms with E-state index in [-0.39, 0.29) is 5.97 Å². The van der Waals surface area contributed by atoms with Crippen LogP contribution in [0.2, 0.25) is 0 Å². The highest BCUT2D eigenvalue weighted by atomic mass is 16.5. The maximum atomic E-state index is 11.7. The van der Waals surface area contributed by atoms with Crippen LogP contribution in [0, 0.1) is 0 Å². The molecule has 1 aliphatic rings. The zero-order valence-corrected chi connectivity index (χ0v) is 18.1. The van der Waals surface area contributed by atoms with E-state index in [4.69, 9.17) is 9.15 Å². The standard InChI is InChI=1S/C25H26N4O3/c1-2-32-25(30)16-27-9-11-28(12-10-27)21-4-3-5-22(15-21)29-18-26-23-14-19(6-7-24(23)29)20-8-13-31-17-20/h3-8,13-15,17-18H,2,9-12,16H2,1H3. The van der Waals surface area contributed by atoms with Gasteiger partial charge in [0.1, 0.15) is 6.33 Å². The highest BCUT2D eigenvalue weighted by Gasteiger charge is 2.20. The zero-order valence-electron chi connectivity index (χ0n) is 18.1. The minimum absolute atomic E-state index is 0.147. The van der Waals surface area contributed by atoms with Gasteiger partial charge in [0.25, 0.3) is 0 Å². The molecule has 5 rings (SSSR count). The average Bonchev–Trinajstić information content (AvgIpc) is 3.50. The molecule has 3 heterocycles. The lowest BCUT2D eigenvalue weighted by atomic mass is 10.1. The van der Waals surface area contributed by atoms with Crippen LogP contribution in [0.1, 0.15) is 6.92 Å². The van der Waals surface area contributed by atoms with Gasteiger partial charge in [0.2, 0.25) is 0 Å². The molecule has 7 nitrogen and oxygen atoms in total. The third-order valence-electron chi connectivity index (χ3n) is 5.91. The molecule has 0 bridgehead atoms. The number of esters is 1. The Morgan fingerprint density at radius 2 is 1.88 bits per heavy atom. The first kappa shape index (κ1) is 20.3. The number of anilines is 1. The van der Waals surface area contributed by atoms with E-state index in [0.29, 0.717) is 13.2 Å². The Labute approximate surface area is 186 Å². The van der Waals surface area contributed by atoms with Crippen LogP contribution < -0.4 is 4.90 Å². The number of furan rings is 1. The third-order valence-corrected chi connectivity index (χ3v) is 5.91. The van der Waals surface area contributed by atoms with Gasteiger partial charge in [-0.3, -0.25) is 14.3 Å². The first-order chi connectivity index (χ1) is 15.7. The summed E-state index contributed by atoms with van der Waals surface area (Å²) >= 11 is 0. The molecule has 32 heavy (non-hydrogen) atoms. The van der Waals surface area contributed by atoms with Crippen LogP contribution in [0.15, 0.2) is 71.8 Å². The summed E-state index contributed by atoms with van der Waals surface area (Å²) in [6.07, 6.45) is 5.30. The average molecular weight is 431 g/mol. The Kier molecular flexibility index (Phi) is 5.64. The Morgan fingerprint density at radius 1 is 1.03 bits per heavy atom. The second kappa shape index (κ2) is 8.88. The number of nitrogens with zero attached hydrogens (tertiary/aromatic N) is 4. The van der Waals surface area contributed by atoms with Crippen LogP contribution >= 0.6 is 0 Å². The van der Waals surface area contributed by atoms with Gasteiger partial charge in [-0.1, -0.05) is 12.1 Å². The monoisotopic (exact) mass is 430 g/mol. The van der Waals surface area contributed by atoms with Gasteiger partial charge in [0.15, 0.2) is 0 Å². The molecule has 1 aliphatic heterocycles. The fourth-order valence-electron chi connectivity index (χ4n) is 4.22. The van der Waals surface area contributed by atoms with Gasteiger partial charge in [-0.15, -0.1) is 0 Å². The van der Waals surface area contributed by atoms with Gasteiger partial charge in [-0.2, -0.15) is 0 Å². The van der Waals surface area contributed by atoms with Crippen molar-refractivity contribution >= 4 is 22.7 Å². The van der Waals surface area contributed by atoms with E-state index in [1.54, 1.807) is 12.5 Å². The Balaban J connectivity index is 1.32. The summed E-state index contributed by atoms with van der Waals surface area (Å²) in [5.74, 6) is -0.147. The molecule has 0 radical (unpaired) electrons. The van der Waals surface area contributed by atoms with Crippen molar-refractivity contribution in [3.8, 4) is 16.8 Å². The Morgan fingerprint density at radius 3 is 2.66 bits per heavy atom. The third kappa shape index (κ3) is 4.11. The van der Waals surface area contributed by atoms with Crippen LogP contribution in [0.25, 0.3) is 27.8 Å². The van der Waals surface area contributed by atoms with Crippen molar-refractivity contribution in [2.45, 2.75) is 6.92 Å². The molecule has 0 N–H and O–H groups in total. The Hall–Kier alpha value is -3.58. The summed E-state index contributed by atoms with van der Waals surface area (Å²) in [6.45, 7) is 6.07. The van der Waals surface area contributed by atoms with Crippen molar-refractivity contribution < 1.29 is 13.9 Å². The number of piperazine rings is 1. The zero-order chi connectivity index (χ0) is 21.9. The van der Waals surface area contributed by atoms with Crippen molar-refractivity contribution in [2.24, 2.45) is 0 Å². The van der Waals surface area contributed by atoms with Crippen LogP contribution in [-0.4, -0.2) is 59.8 Å². The molecule has 0 unspecified atom stereocenters. The van der Waals surface area contributed by atoms with E-state index in [0.717, 1.165) is 54.0 Å². The van der Waals surface area contributed by atoms with Gasteiger partial charge in [0, 0.05) is 43.1 Å². The normalized spacial score (nSPS) is 14.7. The number of carbonyl (C=O) groups is 1. The van der Waals surface area contributed by atoms with Crippen LogP contribution in [0.4, 0.5) is 5.69 Å². The largest absolute Gasteiger partial charge is 0.472 e. The van der Waals surface area contributed by atoms with Gasteiger partial charge in [-0.25, -0.2) is 4.98 Å². The second-order valence-corrected chi connectivity index (χ2v) is 7.92. The van der Waals surface area contributed by atoms with Gasteiger partial charge in [-0.05, 0) is 48.9 Å². The SMILES string of the molecule is CCOC(=O)CN1CCN(c2cccc(-n3cnc4cc(-c5ccoc5)ccc43)c2)CC1. The predicted octanol–water partition coefficient (Wildman–Crippen LogP) is 3.97. The second-order valence-electron chi connectivity index (χ2n) is 7.92. The summed E-state index contributed by atoms with van der Waals surface area (Å²) in [4.78, 5) is 20.9. The fraction of sp³-hybridized carbons (Fsp3) is 0.280. The van der Waals surface area contributed by atoms with Gasteiger partial charge >= 0.3 is 5.97 Å². The quantitative estimate of drug-likeness (QED) is 0.432. The number of rotatable bonds is 6. The van der Waals surface area contributed by atoms with E-state index >= 15 is 0 Å². The van der Waals surface area contributed by atoms with Crippen molar-refractivity contribution in [1.29, 1.82) is 0 Å². The number of benzene rings is 2. The van der Waals surface area contributed by atoms with E-state index in [2.05, 4.69) is 61.8 Å². The molecule has 2 aromatic carbocycles. The van der Waals surface area contributed by atoms with E-state index in [1.165, 1.54) is 5.69 Å². The predicted molar refractivity (Wildman–Crippen MR) is 124 cm³/mol. The number of carbonyl (C=O) groups excluding carboxylic acids is 1. The van der Waals surface area contributed by atoms with Crippen molar-refractivity contribution in [3.05, 3.63) is 67.4 Å². The molecule has 0 spiro atoms. The summed E-state index contributed by atoms with van der Waals surface area (Å²) in [5, 5.41) is 0. The maximum Gasteiger partial charge on any atom is 0.320 e. The molecule has 1 saturated heterocycles. The molecule has 0 aliphatic carbocycles. The number of imidazole rings is 1. The number of hydrogen-bond acceptors (Lipinski definition) is 6. The van der Waals surface area contributed by atoms with Crippen molar-refractivity contribution in [2.75, 3.05) is 44.2 Å². The minimum atomic E-state index is -0.147. The fourth-order valence-corrected chi connectivity index (χ4v) is 4.22. The van der Waals surface area contributed by atoms with Crippen molar-refractivity contribution in [1.82, 2.24) is 14.5 Å². The summed E-state index contributed by atoms with van der Waals surface area (Å²) in [6, 6.07) is 16.8. The molecule has 4 aromatic rings. The van der Waals surface area contributed by atoms with Crippen LogP contribution in [-0.2, 0) is 9.53 Å². The maximum absolute atomic E-state index is 11.7. The summed E-state index contributed by atoms with van der Waals surface area (Å²) in [5.41, 5.74) is 6.40. The number of fused-ring (bicyclic) bond motifs is 1. The highest BCUT2D eigenvalue weighted by Crippen LogP contribution is 2.27. The molecule has 0 saturated carbocycles.